The summed E-state index contributed by atoms with van der Waals surface area (Å²) in [6.07, 6.45) is 0. The number of carbonyl (C=O) groups is 2. The SMILES string of the molecule is CCOC(=O)c1ccc2c(c1)sc(=NC(=O)c1ccc(Br)cc1)n2CC. The highest BCUT2D eigenvalue weighted by atomic mass is 79.9. The zero-order valence-electron chi connectivity index (χ0n) is 14.4. The second-order valence-electron chi connectivity index (χ2n) is 5.46. The summed E-state index contributed by atoms with van der Waals surface area (Å²) in [6, 6.07) is 12.5. The van der Waals surface area contributed by atoms with E-state index in [0.29, 0.717) is 29.1 Å². The maximum Gasteiger partial charge on any atom is 0.338 e. The van der Waals surface area contributed by atoms with E-state index in [9.17, 15) is 9.59 Å². The Morgan fingerprint density at radius 3 is 2.46 bits per heavy atom. The van der Waals surface area contributed by atoms with Crippen molar-refractivity contribution in [2.75, 3.05) is 6.61 Å². The molecule has 0 atom stereocenters. The van der Waals surface area contributed by atoms with Crippen LogP contribution in [0.4, 0.5) is 0 Å². The Bertz CT molecular complexity index is 1040. The van der Waals surface area contributed by atoms with Crippen molar-refractivity contribution in [3.63, 3.8) is 0 Å². The number of hydrogen-bond acceptors (Lipinski definition) is 4. The molecule has 0 spiro atoms. The molecule has 0 fully saturated rings. The highest BCUT2D eigenvalue weighted by Gasteiger charge is 2.12. The molecule has 0 N–H and O–H groups in total. The van der Waals surface area contributed by atoms with Crippen molar-refractivity contribution in [1.29, 1.82) is 0 Å². The van der Waals surface area contributed by atoms with Crippen LogP contribution in [0.25, 0.3) is 10.2 Å². The molecule has 0 unspecified atom stereocenters. The minimum Gasteiger partial charge on any atom is -0.462 e. The van der Waals surface area contributed by atoms with Crippen molar-refractivity contribution in [1.82, 2.24) is 4.57 Å². The van der Waals surface area contributed by atoms with Crippen LogP contribution in [0.3, 0.4) is 0 Å². The minimum atomic E-state index is -0.352. The number of carbonyl (C=O) groups excluding carboxylic acids is 2. The number of halogens is 1. The number of nitrogens with zero attached hydrogens (tertiary/aromatic N) is 2. The van der Waals surface area contributed by atoms with E-state index in [4.69, 9.17) is 4.74 Å². The average Bonchev–Trinajstić information content (AvgIpc) is 2.98. The zero-order valence-corrected chi connectivity index (χ0v) is 16.8. The Morgan fingerprint density at radius 2 is 1.81 bits per heavy atom. The third-order valence-electron chi connectivity index (χ3n) is 3.80. The summed E-state index contributed by atoms with van der Waals surface area (Å²) < 4.78 is 8.81. The molecule has 5 nitrogen and oxygen atoms in total. The third kappa shape index (κ3) is 3.78. The van der Waals surface area contributed by atoms with Crippen molar-refractivity contribution in [3.05, 3.63) is 62.9 Å². The molecule has 134 valence electrons. The molecule has 1 heterocycles. The molecular formula is C19H17BrN2O3S. The van der Waals surface area contributed by atoms with Crippen LogP contribution in [0.5, 0.6) is 0 Å². The lowest BCUT2D eigenvalue weighted by Crippen LogP contribution is -2.15. The number of aromatic nitrogens is 1. The van der Waals surface area contributed by atoms with E-state index in [1.165, 1.54) is 11.3 Å². The third-order valence-corrected chi connectivity index (χ3v) is 5.37. The molecule has 26 heavy (non-hydrogen) atoms. The first-order chi connectivity index (χ1) is 12.5. The lowest BCUT2D eigenvalue weighted by atomic mass is 10.2. The number of aryl methyl sites for hydroxylation is 1. The summed E-state index contributed by atoms with van der Waals surface area (Å²) >= 11 is 4.74. The molecule has 0 saturated heterocycles. The van der Waals surface area contributed by atoms with Gasteiger partial charge in [0.25, 0.3) is 5.91 Å². The summed E-state index contributed by atoms with van der Waals surface area (Å²) in [7, 11) is 0. The number of rotatable bonds is 4. The Morgan fingerprint density at radius 1 is 1.12 bits per heavy atom. The van der Waals surface area contributed by atoms with Crippen molar-refractivity contribution >= 4 is 49.4 Å². The Kier molecular flexibility index (Phi) is 5.68. The lowest BCUT2D eigenvalue weighted by Gasteiger charge is -2.03. The van der Waals surface area contributed by atoms with Crippen molar-refractivity contribution in [2.45, 2.75) is 20.4 Å². The van der Waals surface area contributed by atoms with E-state index in [0.717, 1.165) is 14.7 Å². The molecule has 0 aliphatic rings. The second-order valence-corrected chi connectivity index (χ2v) is 7.38. The molecule has 3 aromatic rings. The average molecular weight is 433 g/mol. The van der Waals surface area contributed by atoms with Crippen LogP contribution in [-0.4, -0.2) is 23.1 Å². The summed E-state index contributed by atoms with van der Waals surface area (Å²) in [5.74, 6) is -0.646. The normalized spacial score (nSPS) is 11.7. The predicted molar refractivity (Wildman–Crippen MR) is 105 cm³/mol. The minimum absolute atomic E-state index is 0.295. The highest BCUT2D eigenvalue weighted by Crippen LogP contribution is 2.20. The molecule has 2 aromatic carbocycles. The summed E-state index contributed by atoms with van der Waals surface area (Å²) in [5, 5.41) is 0. The number of hydrogen-bond donors (Lipinski definition) is 0. The molecule has 0 aliphatic carbocycles. The van der Waals surface area contributed by atoms with Crippen LogP contribution < -0.4 is 4.80 Å². The number of amides is 1. The fourth-order valence-corrected chi connectivity index (χ4v) is 3.95. The Hall–Kier alpha value is -2.25. The van der Waals surface area contributed by atoms with Gasteiger partial charge in [-0.1, -0.05) is 27.3 Å². The van der Waals surface area contributed by atoms with Crippen molar-refractivity contribution < 1.29 is 14.3 Å². The van der Waals surface area contributed by atoms with Crippen LogP contribution in [0, 0.1) is 0 Å². The fraction of sp³-hybridized carbons (Fsp3) is 0.211. The smallest absolute Gasteiger partial charge is 0.338 e. The summed E-state index contributed by atoms with van der Waals surface area (Å²) in [5.41, 5.74) is 1.96. The van der Waals surface area contributed by atoms with Gasteiger partial charge in [0.1, 0.15) is 0 Å². The second kappa shape index (κ2) is 7.97. The first kappa shape index (κ1) is 18.5. The molecule has 0 saturated carbocycles. The number of fused-ring (bicyclic) bond motifs is 1. The maximum atomic E-state index is 12.5. The van der Waals surface area contributed by atoms with Gasteiger partial charge in [-0.2, -0.15) is 4.99 Å². The zero-order chi connectivity index (χ0) is 18.7. The topological polar surface area (TPSA) is 60.7 Å². The van der Waals surface area contributed by atoms with Gasteiger partial charge in [-0.15, -0.1) is 0 Å². The van der Waals surface area contributed by atoms with Gasteiger partial charge in [0.2, 0.25) is 0 Å². The van der Waals surface area contributed by atoms with Crippen LogP contribution in [0.15, 0.2) is 51.9 Å². The molecule has 0 radical (unpaired) electrons. The number of ether oxygens (including phenoxy) is 1. The van der Waals surface area contributed by atoms with Crippen molar-refractivity contribution in [2.24, 2.45) is 4.99 Å². The molecule has 1 amide bonds. The predicted octanol–water partition coefficient (Wildman–Crippen LogP) is 4.40. The van der Waals surface area contributed by atoms with E-state index in [1.807, 2.05) is 29.7 Å². The van der Waals surface area contributed by atoms with Gasteiger partial charge >= 0.3 is 5.97 Å². The highest BCUT2D eigenvalue weighted by molar-refractivity contribution is 9.10. The van der Waals surface area contributed by atoms with E-state index in [-0.39, 0.29) is 11.9 Å². The molecule has 1 aromatic heterocycles. The van der Waals surface area contributed by atoms with Gasteiger partial charge in [-0.3, -0.25) is 4.79 Å². The molecule has 0 bridgehead atoms. The quantitative estimate of drug-likeness (QED) is 0.573. The molecule has 3 rings (SSSR count). The standard InChI is InChI=1S/C19H17BrN2O3S/c1-3-22-15-10-7-13(18(24)25-4-2)11-16(15)26-19(22)21-17(23)12-5-8-14(20)9-6-12/h5-11H,3-4H2,1-2H3. The number of thiazole rings is 1. The van der Waals surface area contributed by atoms with E-state index >= 15 is 0 Å². The van der Waals surface area contributed by atoms with Gasteiger partial charge in [-0.05, 0) is 56.3 Å². The molecule has 7 heteroatoms. The number of esters is 1. The summed E-state index contributed by atoms with van der Waals surface area (Å²) in [4.78, 5) is 29.3. The monoisotopic (exact) mass is 432 g/mol. The maximum absolute atomic E-state index is 12.5. The van der Waals surface area contributed by atoms with E-state index in [1.54, 1.807) is 31.2 Å². The van der Waals surface area contributed by atoms with Crippen LogP contribution in [0.1, 0.15) is 34.6 Å². The fourth-order valence-electron chi connectivity index (χ4n) is 2.55. The lowest BCUT2D eigenvalue weighted by molar-refractivity contribution is 0.0526. The van der Waals surface area contributed by atoms with E-state index < -0.39 is 0 Å². The molecule has 0 aliphatic heterocycles. The Labute approximate surface area is 163 Å². The van der Waals surface area contributed by atoms with Gasteiger partial charge < -0.3 is 9.30 Å². The Balaban J connectivity index is 2.06. The van der Waals surface area contributed by atoms with Gasteiger partial charge in [0.15, 0.2) is 4.80 Å². The van der Waals surface area contributed by atoms with Gasteiger partial charge in [0.05, 0.1) is 22.4 Å². The molecular weight excluding hydrogens is 416 g/mol. The van der Waals surface area contributed by atoms with Crippen molar-refractivity contribution in [3.8, 4) is 0 Å². The first-order valence-electron chi connectivity index (χ1n) is 8.18. The van der Waals surface area contributed by atoms with Gasteiger partial charge in [-0.25, -0.2) is 4.79 Å². The van der Waals surface area contributed by atoms with Crippen LogP contribution >= 0.6 is 27.3 Å². The van der Waals surface area contributed by atoms with Crippen LogP contribution in [0.2, 0.25) is 0 Å². The van der Waals surface area contributed by atoms with E-state index in [2.05, 4.69) is 20.9 Å². The van der Waals surface area contributed by atoms with Gasteiger partial charge in [0, 0.05) is 16.6 Å². The first-order valence-corrected chi connectivity index (χ1v) is 9.79. The van der Waals surface area contributed by atoms with Crippen LogP contribution in [-0.2, 0) is 11.3 Å². The summed E-state index contributed by atoms with van der Waals surface area (Å²) in [6.45, 7) is 4.77. The largest absolute Gasteiger partial charge is 0.462 e. The number of benzene rings is 2.